The summed E-state index contributed by atoms with van der Waals surface area (Å²) >= 11 is 0. The Morgan fingerprint density at radius 3 is 2.07 bits per heavy atom. The smallest absolute Gasteiger partial charge is 0.421 e. The van der Waals surface area contributed by atoms with Crippen LogP contribution >= 0.6 is 0 Å². The zero-order chi connectivity index (χ0) is 22.6. The van der Waals surface area contributed by atoms with Crippen molar-refractivity contribution in [2.24, 2.45) is 5.73 Å². The second-order valence-electron chi connectivity index (χ2n) is 7.00. The molecule has 0 saturated carbocycles. The van der Waals surface area contributed by atoms with Crippen LogP contribution in [0.5, 0.6) is 0 Å². The maximum Gasteiger partial charge on any atom is 0.421 e. The van der Waals surface area contributed by atoms with E-state index in [0.717, 1.165) is 17.7 Å². The summed E-state index contributed by atoms with van der Waals surface area (Å²) in [6.45, 7) is 0. The van der Waals surface area contributed by atoms with E-state index in [-0.39, 0.29) is 6.42 Å². The summed E-state index contributed by atoms with van der Waals surface area (Å²) in [6, 6.07) is 12.8. The number of hydrogen-bond acceptors (Lipinski definition) is 5. The fourth-order valence-electron chi connectivity index (χ4n) is 2.87. The summed E-state index contributed by atoms with van der Waals surface area (Å²) in [4.78, 5) is 10.7. The van der Waals surface area contributed by atoms with E-state index in [9.17, 15) is 27.3 Å². The van der Waals surface area contributed by atoms with Gasteiger partial charge in [0.1, 0.15) is 6.04 Å². The van der Waals surface area contributed by atoms with Gasteiger partial charge in [0.25, 0.3) is 0 Å². The molecule has 0 bridgehead atoms. The van der Waals surface area contributed by atoms with Gasteiger partial charge in [-0.15, -0.1) is 0 Å². The summed E-state index contributed by atoms with van der Waals surface area (Å²) < 4.78 is 61.2. The van der Waals surface area contributed by atoms with Gasteiger partial charge in [0.2, 0.25) is 0 Å². The van der Waals surface area contributed by atoms with Gasteiger partial charge in [-0.3, -0.25) is 9.57 Å². The fraction of sp³-hybridized carbons (Fsp3) is 0.350. The third-order valence-corrected chi connectivity index (χ3v) is 6.57. The molecule has 0 aliphatic carbocycles. The van der Waals surface area contributed by atoms with Crippen molar-refractivity contribution in [1.82, 2.24) is 0 Å². The number of rotatable bonds is 9. The molecule has 2 unspecified atom stereocenters. The molecule has 5 N–H and O–H groups in total. The number of carboxylic acids is 1. The highest BCUT2D eigenvalue weighted by Gasteiger charge is 2.54. The minimum Gasteiger partial charge on any atom is -0.480 e. The standard InChI is InChI=1S/C20H23F3N2O4S/c21-20(22,23)19(28,11-13-30(25,29)12-10-17(24)18(26)27)16-8-6-15(7-9-16)14-4-2-1-3-5-14/h1-9,17,25,28H,10-13,24H2,(H,26,27)/t17-,19?,30?/m0/s1. The van der Waals surface area contributed by atoms with Crippen LogP contribution in [0.25, 0.3) is 11.1 Å². The number of nitrogens with one attached hydrogen (secondary N) is 1. The summed E-state index contributed by atoms with van der Waals surface area (Å²) in [6.07, 6.45) is -6.37. The lowest BCUT2D eigenvalue weighted by atomic mass is 9.89. The highest BCUT2D eigenvalue weighted by molar-refractivity contribution is 7.92. The number of nitrogens with two attached hydrogens (primary N) is 1. The molecule has 0 aliphatic rings. The lowest BCUT2D eigenvalue weighted by Crippen LogP contribution is -2.44. The average Bonchev–Trinajstić information content (AvgIpc) is 2.70. The largest absolute Gasteiger partial charge is 0.480 e. The van der Waals surface area contributed by atoms with E-state index in [2.05, 4.69) is 0 Å². The molecule has 0 saturated heterocycles. The predicted molar refractivity (Wildman–Crippen MR) is 107 cm³/mol. The van der Waals surface area contributed by atoms with Gasteiger partial charge in [-0.2, -0.15) is 13.2 Å². The Morgan fingerprint density at radius 2 is 1.57 bits per heavy atom. The molecular weight excluding hydrogens is 421 g/mol. The normalized spacial score (nSPS) is 17.0. The highest BCUT2D eigenvalue weighted by atomic mass is 32.2. The van der Waals surface area contributed by atoms with Crippen LogP contribution in [0.4, 0.5) is 13.2 Å². The Kier molecular flexibility index (Phi) is 7.27. The summed E-state index contributed by atoms with van der Waals surface area (Å²) in [5.74, 6) is -2.58. The van der Waals surface area contributed by atoms with E-state index in [4.69, 9.17) is 15.6 Å². The number of halogens is 3. The fourth-order valence-corrected chi connectivity index (χ4v) is 4.34. The SMILES string of the molecule is N=S(=O)(CC[C@H](N)C(=O)O)CCC(O)(c1ccc(-c2ccccc2)cc1)C(F)(F)F. The first kappa shape index (κ1) is 23.8. The van der Waals surface area contributed by atoms with Crippen molar-refractivity contribution in [2.75, 3.05) is 11.5 Å². The predicted octanol–water partition coefficient (Wildman–Crippen LogP) is 3.34. The Morgan fingerprint density at radius 1 is 1.03 bits per heavy atom. The molecule has 2 aromatic carbocycles. The number of carboxylic acid groups (broad SMARTS) is 1. The third kappa shape index (κ3) is 5.80. The summed E-state index contributed by atoms with van der Waals surface area (Å²) in [5, 5.41) is 19.2. The topological polar surface area (TPSA) is 124 Å². The van der Waals surface area contributed by atoms with Crippen molar-refractivity contribution >= 4 is 15.7 Å². The molecular formula is C20H23F3N2O4S. The number of alkyl halides is 3. The molecule has 0 aliphatic heterocycles. The molecule has 10 heteroatoms. The van der Waals surface area contributed by atoms with Crippen LogP contribution in [0.15, 0.2) is 54.6 Å². The van der Waals surface area contributed by atoms with Crippen molar-refractivity contribution < 1.29 is 32.4 Å². The van der Waals surface area contributed by atoms with Crippen LogP contribution in [-0.4, -0.2) is 44.1 Å². The number of hydrogen-bond donors (Lipinski definition) is 4. The molecule has 2 aromatic rings. The lowest BCUT2D eigenvalue weighted by Gasteiger charge is -2.31. The van der Waals surface area contributed by atoms with E-state index < -0.39 is 57.0 Å². The molecule has 2 rings (SSSR count). The maximum absolute atomic E-state index is 13.7. The van der Waals surface area contributed by atoms with E-state index in [1.54, 1.807) is 24.3 Å². The molecule has 164 valence electrons. The first-order valence-corrected chi connectivity index (χ1v) is 10.9. The molecule has 30 heavy (non-hydrogen) atoms. The van der Waals surface area contributed by atoms with Crippen molar-refractivity contribution in [2.45, 2.75) is 30.7 Å². The van der Waals surface area contributed by atoms with Gasteiger partial charge in [-0.25, -0.2) is 4.21 Å². The van der Waals surface area contributed by atoms with E-state index in [0.29, 0.717) is 5.56 Å². The van der Waals surface area contributed by atoms with Crippen LogP contribution < -0.4 is 5.73 Å². The van der Waals surface area contributed by atoms with Gasteiger partial charge in [0.05, 0.1) is 0 Å². The number of aliphatic hydroxyl groups is 1. The van der Waals surface area contributed by atoms with Gasteiger partial charge in [0.15, 0.2) is 5.60 Å². The van der Waals surface area contributed by atoms with Crippen LogP contribution in [0.2, 0.25) is 0 Å². The van der Waals surface area contributed by atoms with Gasteiger partial charge < -0.3 is 15.9 Å². The Bertz CT molecular complexity index is 964. The zero-order valence-electron chi connectivity index (χ0n) is 15.9. The van der Waals surface area contributed by atoms with E-state index >= 15 is 0 Å². The average molecular weight is 444 g/mol. The second-order valence-corrected chi connectivity index (χ2v) is 9.45. The molecule has 0 radical (unpaired) electrons. The molecule has 0 heterocycles. The van der Waals surface area contributed by atoms with E-state index in [1.165, 1.54) is 12.1 Å². The molecule has 3 atom stereocenters. The lowest BCUT2D eigenvalue weighted by molar-refractivity contribution is -0.267. The number of aliphatic carboxylic acids is 1. The second kappa shape index (κ2) is 9.15. The van der Waals surface area contributed by atoms with Gasteiger partial charge in [-0.05, 0) is 23.1 Å². The maximum atomic E-state index is 13.7. The monoisotopic (exact) mass is 444 g/mol. The molecule has 0 fully saturated rings. The van der Waals surface area contributed by atoms with Crippen LogP contribution in [0, 0.1) is 4.78 Å². The van der Waals surface area contributed by atoms with Crippen molar-refractivity contribution in [3.63, 3.8) is 0 Å². The molecule has 6 nitrogen and oxygen atoms in total. The van der Waals surface area contributed by atoms with Gasteiger partial charge >= 0.3 is 12.1 Å². The Labute approximate surface area is 172 Å². The summed E-state index contributed by atoms with van der Waals surface area (Å²) in [7, 11) is -3.57. The van der Waals surface area contributed by atoms with Crippen LogP contribution in [0.3, 0.4) is 0 Å². The number of benzene rings is 2. The van der Waals surface area contributed by atoms with Crippen molar-refractivity contribution in [3.05, 3.63) is 60.2 Å². The Balaban J connectivity index is 2.21. The van der Waals surface area contributed by atoms with Gasteiger partial charge in [-0.1, -0.05) is 54.6 Å². The highest BCUT2D eigenvalue weighted by Crippen LogP contribution is 2.42. The van der Waals surface area contributed by atoms with Crippen LogP contribution in [-0.2, 0) is 20.1 Å². The minimum absolute atomic E-state index is 0.312. The van der Waals surface area contributed by atoms with Gasteiger partial charge in [0, 0.05) is 27.7 Å². The zero-order valence-corrected chi connectivity index (χ0v) is 16.7. The molecule has 0 spiro atoms. The first-order chi connectivity index (χ1) is 13.9. The minimum atomic E-state index is -5.06. The molecule has 0 aromatic heterocycles. The Hall–Kier alpha value is -2.43. The third-order valence-electron chi connectivity index (χ3n) is 4.81. The van der Waals surface area contributed by atoms with E-state index in [1.807, 2.05) is 6.07 Å². The van der Waals surface area contributed by atoms with Crippen molar-refractivity contribution in [1.29, 1.82) is 4.78 Å². The number of carbonyl (C=O) groups is 1. The van der Waals surface area contributed by atoms with Crippen molar-refractivity contribution in [3.8, 4) is 11.1 Å². The summed E-state index contributed by atoms with van der Waals surface area (Å²) in [5.41, 5.74) is 3.03. The first-order valence-electron chi connectivity index (χ1n) is 9.03. The molecule has 0 amide bonds. The van der Waals surface area contributed by atoms with Crippen LogP contribution in [0.1, 0.15) is 18.4 Å². The quantitative estimate of drug-likeness (QED) is 0.472.